The minimum absolute atomic E-state index is 0.119. The van der Waals surface area contributed by atoms with Crippen molar-refractivity contribution in [2.75, 3.05) is 6.73 Å². The van der Waals surface area contributed by atoms with Crippen LogP contribution < -0.4 is 9.47 Å². The average Bonchev–Trinajstić information content (AvgIpc) is 3.32. The molecule has 28 heavy (non-hydrogen) atoms. The highest BCUT2D eigenvalue weighted by atomic mass is 16.5. The summed E-state index contributed by atoms with van der Waals surface area (Å²) in [4.78, 5) is 15.1. The molecule has 5 nitrogen and oxygen atoms in total. The fourth-order valence-corrected chi connectivity index (χ4v) is 3.72. The largest absolute Gasteiger partial charge is 0.478 e. The molecule has 0 aliphatic carbocycles. The van der Waals surface area contributed by atoms with Gasteiger partial charge in [0.25, 0.3) is 0 Å². The maximum atomic E-state index is 12.9. The number of rotatable bonds is 3. The quantitative estimate of drug-likeness (QED) is 0.630. The summed E-state index contributed by atoms with van der Waals surface area (Å²) in [6.45, 7) is 3.85. The zero-order chi connectivity index (χ0) is 19.1. The Morgan fingerprint density at radius 2 is 2.00 bits per heavy atom. The summed E-state index contributed by atoms with van der Waals surface area (Å²) in [7, 11) is 0. The first-order chi connectivity index (χ1) is 13.7. The SMILES string of the molecule is Cc1cc2c(c3c1C(=O)/C(=C/c1ccco1)O3)CN(Cc1ccccc1)CO2. The molecule has 2 aliphatic heterocycles. The van der Waals surface area contributed by atoms with Gasteiger partial charge in [0.1, 0.15) is 24.0 Å². The Labute approximate surface area is 162 Å². The molecule has 5 rings (SSSR count). The highest BCUT2D eigenvalue weighted by Crippen LogP contribution is 2.44. The molecule has 2 aliphatic rings. The van der Waals surface area contributed by atoms with Crippen molar-refractivity contribution >= 4 is 11.9 Å². The van der Waals surface area contributed by atoms with E-state index in [1.165, 1.54) is 5.56 Å². The number of aryl methyl sites for hydroxylation is 1. The summed E-state index contributed by atoms with van der Waals surface area (Å²) in [6.07, 6.45) is 3.21. The molecule has 0 amide bonds. The van der Waals surface area contributed by atoms with Crippen molar-refractivity contribution in [1.29, 1.82) is 0 Å². The van der Waals surface area contributed by atoms with E-state index in [4.69, 9.17) is 13.9 Å². The number of carbonyl (C=O) groups excluding carboxylic acids is 1. The summed E-state index contributed by atoms with van der Waals surface area (Å²) in [6, 6.07) is 15.8. The lowest BCUT2D eigenvalue weighted by Crippen LogP contribution is -2.31. The van der Waals surface area contributed by atoms with Crippen LogP contribution in [0.25, 0.3) is 6.08 Å². The minimum atomic E-state index is -0.119. The van der Waals surface area contributed by atoms with Crippen molar-refractivity contribution < 1.29 is 18.7 Å². The lowest BCUT2D eigenvalue weighted by Gasteiger charge is -2.30. The molecule has 0 fully saturated rings. The van der Waals surface area contributed by atoms with E-state index >= 15 is 0 Å². The number of allylic oxidation sites excluding steroid dienone is 1. The van der Waals surface area contributed by atoms with Gasteiger partial charge in [0.2, 0.25) is 5.78 Å². The first kappa shape index (κ1) is 16.8. The van der Waals surface area contributed by atoms with E-state index in [0.717, 1.165) is 23.4 Å². The van der Waals surface area contributed by atoms with E-state index in [1.54, 1.807) is 24.5 Å². The second kappa shape index (κ2) is 6.69. The predicted octanol–water partition coefficient (Wildman–Crippen LogP) is 4.56. The third-order valence-electron chi connectivity index (χ3n) is 5.05. The van der Waals surface area contributed by atoms with Crippen molar-refractivity contribution in [2.24, 2.45) is 0 Å². The lowest BCUT2D eigenvalue weighted by atomic mass is 9.98. The fourth-order valence-electron chi connectivity index (χ4n) is 3.72. The Morgan fingerprint density at radius 3 is 2.79 bits per heavy atom. The van der Waals surface area contributed by atoms with E-state index in [-0.39, 0.29) is 11.5 Å². The third kappa shape index (κ3) is 2.90. The van der Waals surface area contributed by atoms with Crippen LogP contribution in [0.5, 0.6) is 11.5 Å². The van der Waals surface area contributed by atoms with E-state index in [9.17, 15) is 4.79 Å². The number of hydrogen-bond acceptors (Lipinski definition) is 5. The summed E-state index contributed by atoms with van der Waals surface area (Å²) in [5, 5.41) is 0. The van der Waals surface area contributed by atoms with Gasteiger partial charge in [0.05, 0.1) is 17.4 Å². The Balaban J connectivity index is 1.48. The molecule has 5 heteroatoms. The van der Waals surface area contributed by atoms with Gasteiger partial charge in [0, 0.05) is 19.2 Å². The smallest absolute Gasteiger partial charge is 0.232 e. The lowest BCUT2D eigenvalue weighted by molar-refractivity contribution is 0.0872. The summed E-state index contributed by atoms with van der Waals surface area (Å²) < 4.78 is 17.3. The molecule has 1 aromatic heterocycles. The molecule has 2 aromatic carbocycles. The van der Waals surface area contributed by atoms with E-state index in [2.05, 4.69) is 17.0 Å². The highest BCUT2D eigenvalue weighted by molar-refractivity contribution is 6.15. The summed E-state index contributed by atoms with van der Waals surface area (Å²) in [5.41, 5.74) is 3.60. The number of ketones is 1. The molecule has 0 radical (unpaired) electrons. The number of benzene rings is 2. The Kier molecular flexibility index (Phi) is 4.02. The van der Waals surface area contributed by atoms with Gasteiger partial charge in [-0.1, -0.05) is 30.3 Å². The summed E-state index contributed by atoms with van der Waals surface area (Å²) in [5.74, 6) is 2.14. The molecule has 0 saturated carbocycles. The number of ether oxygens (including phenoxy) is 2. The first-order valence-corrected chi connectivity index (χ1v) is 9.22. The van der Waals surface area contributed by atoms with Gasteiger partial charge in [0.15, 0.2) is 5.76 Å². The number of furan rings is 1. The summed E-state index contributed by atoms with van der Waals surface area (Å²) >= 11 is 0. The highest BCUT2D eigenvalue weighted by Gasteiger charge is 2.35. The minimum Gasteiger partial charge on any atom is -0.478 e. The number of hydrogen-bond donors (Lipinski definition) is 0. The van der Waals surface area contributed by atoms with Crippen LogP contribution in [0, 0.1) is 6.92 Å². The molecule has 0 bridgehead atoms. The topological polar surface area (TPSA) is 51.9 Å². The molecule has 140 valence electrons. The maximum Gasteiger partial charge on any atom is 0.232 e. The van der Waals surface area contributed by atoms with Crippen molar-refractivity contribution in [1.82, 2.24) is 4.90 Å². The molecular weight excluding hydrogens is 354 g/mol. The van der Waals surface area contributed by atoms with Crippen LogP contribution in [0.3, 0.4) is 0 Å². The molecule has 3 heterocycles. The predicted molar refractivity (Wildman–Crippen MR) is 104 cm³/mol. The van der Waals surface area contributed by atoms with Gasteiger partial charge < -0.3 is 13.9 Å². The van der Waals surface area contributed by atoms with Crippen LogP contribution in [-0.2, 0) is 13.1 Å². The van der Waals surface area contributed by atoms with Gasteiger partial charge in [-0.3, -0.25) is 9.69 Å². The number of fused-ring (bicyclic) bond motifs is 3. The number of nitrogens with zero attached hydrogens (tertiary/aromatic N) is 1. The molecule has 0 saturated heterocycles. The maximum absolute atomic E-state index is 12.9. The fraction of sp³-hybridized carbons (Fsp3) is 0.174. The van der Waals surface area contributed by atoms with E-state index in [0.29, 0.717) is 30.3 Å². The molecule has 0 N–H and O–H groups in total. The van der Waals surface area contributed by atoms with Crippen molar-refractivity contribution in [3.05, 3.63) is 88.6 Å². The van der Waals surface area contributed by atoms with Gasteiger partial charge in [-0.2, -0.15) is 0 Å². The second-order valence-electron chi connectivity index (χ2n) is 7.08. The zero-order valence-electron chi connectivity index (χ0n) is 15.5. The van der Waals surface area contributed by atoms with Crippen LogP contribution in [0.1, 0.15) is 32.8 Å². The van der Waals surface area contributed by atoms with Crippen LogP contribution in [0.4, 0.5) is 0 Å². The van der Waals surface area contributed by atoms with Gasteiger partial charge in [-0.25, -0.2) is 0 Å². The Hall–Kier alpha value is -3.31. The molecular formula is C23H19NO4. The van der Waals surface area contributed by atoms with Gasteiger partial charge >= 0.3 is 0 Å². The third-order valence-corrected chi connectivity index (χ3v) is 5.05. The molecule has 0 spiro atoms. The van der Waals surface area contributed by atoms with Crippen LogP contribution in [0.15, 0.2) is 65.0 Å². The van der Waals surface area contributed by atoms with Gasteiger partial charge in [-0.05, 0) is 36.2 Å². The monoisotopic (exact) mass is 373 g/mol. The van der Waals surface area contributed by atoms with E-state index < -0.39 is 0 Å². The molecule has 3 aromatic rings. The molecule has 0 atom stereocenters. The van der Waals surface area contributed by atoms with E-state index in [1.807, 2.05) is 31.2 Å². The standard InChI is InChI=1S/C23H19NO4/c1-15-10-19-18(13-24(14-27-19)12-16-6-3-2-4-7-16)23-21(15)22(25)20(28-23)11-17-8-5-9-26-17/h2-11H,12-14H2,1H3/b20-11-. The van der Waals surface area contributed by atoms with Crippen LogP contribution in [0.2, 0.25) is 0 Å². The number of Topliss-reactive ketones (excluding diaryl/α,β-unsaturated/α-hetero) is 1. The first-order valence-electron chi connectivity index (χ1n) is 9.22. The zero-order valence-corrected chi connectivity index (χ0v) is 15.5. The normalized spacial score (nSPS) is 17.2. The van der Waals surface area contributed by atoms with Crippen LogP contribution >= 0.6 is 0 Å². The van der Waals surface area contributed by atoms with Crippen molar-refractivity contribution in [3.8, 4) is 11.5 Å². The Morgan fingerprint density at radius 1 is 1.14 bits per heavy atom. The average molecular weight is 373 g/mol. The second-order valence-corrected chi connectivity index (χ2v) is 7.08. The van der Waals surface area contributed by atoms with Crippen LogP contribution in [-0.4, -0.2) is 17.4 Å². The van der Waals surface area contributed by atoms with Crippen molar-refractivity contribution in [3.63, 3.8) is 0 Å². The Bertz CT molecular complexity index is 1070. The number of carbonyl (C=O) groups is 1. The van der Waals surface area contributed by atoms with Gasteiger partial charge in [-0.15, -0.1) is 0 Å². The molecule has 0 unspecified atom stereocenters. The van der Waals surface area contributed by atoms with Crippen molar-refractivity contribution in [2.45, 2.75) is 20.0 Å².